The number of hydrogen-bond donors (Lipinski definition) is 1. The molecule has 0 atom stereocenters. The van der Waals surface area contributed by atoms with Crippen molar-refractivity contribution < 1.29 is 4.79 Å². The highest BCUT2D eigenvalue weighted by atomic mass is 32.2. The van der Waals surface area contributed by atoms with Crippen molar-refractivity contribution >= 4 is 17.7 Å². The molecule has 1 amide bonds. The molecule has 0 aliphatic carbocycles. The van der Waals surface area contributed by atoms with Crippen molar-refractivity contribution in [2.45, 2.75) is 33.4 Å². The monoisotopic (exact) mass is 294 g/mol. The molecule has 3 nitrogen and oxygen atoms in total. The fraction of sp³-hybridized carbons (Fsp3) is 0.562. The third-order valence-corrected chi connectivity index (χ3v) is 4.22. The highest BCUT2D eigenvalue weighted by Gasteiger charge is 2.03. The summed E-state index contributed by atoms with van der Waals surface area (Å²) < 4.78 is 0. The second kappa shape index (κ2) is 9.83. The van der Waals surface area contributed by atoms with Gasteiger partial charge in [0, 0.05) is 13.1 Å². The highest BCUT2D eigenvalue weighted by molar-refractivity contribution is 7.99. The van der Waals surface area contributed by atoms with Crippen LogP contribution in [0.1, 0.15) is 31.4 Å². The lowest BCUT2D eigenvalue weighted by molar-refractivity contribution is -0.118. The van der Waals surface area contributed by atoms with Crippen LogP contribution in [0.15, 0.2) is 24.3 Å². The molecule has 0 heterocycles. The maximum absolute atomic E-state index is 11.7. The average Bonchev–Trinajstić information content (AvgIpc) is 2.45. The first-order valence-corrected chi connectivity index (χ1v) is 8.42. The summed E-state index contributed by atoms with van der Waals surface area (Å²) in [6.45, 7) is 6.89. The highest BCUT2D eigenvalue weighted by Crippen LogP contribution is 2.08. The van der Waals surface area contributed by atoms with E-state index in [2.05, 4.69) is 55.4 Å². The standard InChI is InChI=1S/C16H26N2OS/c1-4-9-20-13-16(19)17-11-14-7-6-8-15(10-14)12-18(3)5-2/h6-8,10H,4-5,9,11-13H2,1-3H3,(H,17,19). The third-order valence-electron chi connectivity index (χ3n) is 3.06. The van der Waals surface area contributed by atoms with Gasteiger partial charge in [0.25, 0.3) is 0 Å². The van der Waals surface area contributed by atoms with Crippen LogP contribution >= 0.6 is 11.8 Å². The molecular formula is C16H26N2OS. The zero-order valence-corrected chi connectivity index (χ0v) is 13.6. The van der Waals surface area contributed by atoms with Gasteiger partial charge < -0.3 is 10.2 Å². The number of carbonyl (C=O) groups excluding carboxylic acids is 1. The van der Waals surface area contributed by atoms with E-state index in [1.165, 1.54) is 11.1 Å². The summed E-state index contributed by atoms with van der Waals surface area (Å²) in [6.07, 6.45) is 1.12. The Morgan fingerprint density at radius 3 is 2.75 bits per heavy atom. The van der Waals surface area contributed by atoms with Gasteiger partial charge in [-0.15, -0.1) is 0 Å². The first-order chi connectivity index (χ1) is 9.65. The zero-order valence-electron chi connectivity index (χ0n) is 12.8. The van der Waals surface area contributed by atoms with E-state index in [4.69, 9.17) is 0 Å². The summed E-state index contributed by atoms with van der Waals surface area (Å²) in [7, 11) is 2.11. The fourth-order valence-corrected chi connectivity index (χ4v) is 2.54. The number of amides is 1. The predicted octanol–water partition coefficient (Wildman–Crippen LogP) is 2.90. The summed E-state index contributed by atoms with van der Waals surface area (Å²) >= 11 is 1.69. The molecule has 1 rings (SSSR count). The van der Waals surface area contributed by atoms with E-state index < -0.39 is 0 Å². The van der Waals surface area contributed by atoms with Crippen LogP contribution in [0.25, 0.3) is 0 Å². The van der Waals surface area contributed by atoms with Gasteiger partial charge >= 0.3 is 0 Å². The Kier molecular flexibility index (Phi) is 8.38. The molecule has 0 unspecified atom stereocenters. The van der Waals surface area contributed by atoms with E-state index in [9.17, 15) is 4.79 Å². The van der Waals surface area contributed by atoms with Gasteiger partial charge in [-0.1, -0.05) is 38.1 Å². The molecule has 0 bridgehead atoms. The van der Waals surface area contributed by atoms with Crippen LogP contribution < -0.4 is 5.32 Å². The normalized spacial score (nSPS) is 10.8. The first kappa shape index (κ1) is 17.1. The number of nitrogens with zero attached hydrogens (tertiary/aromatic N) is 1. The molecule has 0 aromatic heterocycles. The number of nitrogens with one attached hydrogen (secondary N) is 1. The van der Waals surface area contributed by atoms with Crippen LogP contribution in [0.3, 0.4) is 0 Å². The Balaban J connectivity index is 2.40. The third kappa shape index (κ3) is 6.96. The number of hydrogen-bond acceptors (Lipinski definition) is 3. The molecular weight excluding hydrogens is 268 g/mol. The molecule has 1 aromatic rings. The Bertz CT molecular complexity index is 409. The minimum Gasteiger partial charge on any atom is -0.351 e. The molecule has 112 valence electrons. The Hall–Kier alpha value is -1.00. The molecule has 0 spiro atoms. The van der Waals surface area contributed by atoms with E-state index in [1.54, 1.807) is 11.8 Å². The molecule has 0 aliphatic heterocycles. The molecule has 4 heteroatoms. The number of benzene rings is 1. The summed E-state index contributed by atoms with van der Waals surface area (Å²) in [6, 6.07) is 8.43. The van der Waals surface area contributed by atoms with Crippen molar-refractivity contribution in [1.29, 1.82) is 0 Å². The topological polar surface area (TPSA) is 32.3 Å². The van der Waals surface area contributed by atoms with E-state index >= 15 is 0 Å². The molecule has 0 saturated heterocycles. The van der Waals surface area contributed by atoms with Crippen molar-refractivity contribution in [3.05, 3.63) is 35.4 Å². The summed E-state index contributed by atoms with van der Waals surface area (Å²) in [5.41, 5.74) is 2.46. The van der Waals surface area contributed by atoms with Gasteiger partial charge in [0.2, 0.25) is 5.91 Å². The van der Waals surface area contributed by atoms with Gasteiger partial charge in [-0.2, -0.15) is 11.8 Å². The van der Waals surface area contributed by atoms with E-state index in [1.807, 2.05) is 0 Å². The van der Waals surface area contributed by atoms with E-state index in [0.717, 1.165) is 25.3 Å². The van der Waals surface area contributed by atoms with Gasteiger partial charge in [0.05, 0.1) is 5.75 Å². The van der Waals surface area contributed by atoms with Crippen LogP contribution in [-0.2, 0) is 17.9 Å². The van der Waals surface area contributed by atoms with E-state index in [0.29, 0.717) is 12.3 Å². The van der Waals surface area contributed by atoms with Gasteiger partial charge in [-0.25, -0.2) is 0 Å². The molecule has 0 aliphatic rings. The maximum atomic E-state index is 11.7. The Morgan fingerprint density at radius 2 is 2.05 bits per heavy atom. The summed E-state index contributed by atoms with van der Waals surface area (Å²) in [4.78, 5) is 13.9. The summed E-state index contributed by atoms with van der Waals surface area (Å²) in [5.74, 6) is 1.73. The van der Waals surface area contributed by atoms with E-state index in [-0.39, 0.29) is 5.91 Å². The van der Waals surface area contributed by atoms with Gasteiger partial charge in [0.15, 0.2) is 0 Å². The van der Waals surface area contributed by atoms with Gasteiger partial charge in [0.1, 0.15) is 0 Å². The van der Waals surface area contributed by atoms with Crippen LogP contribution in [0.4, 0.5) is 0 Å². The second-order valence-corrected chi connectivity index (χ2v) is 6.08. The van der Waals surface area contributed by atoms with Crippen molar-refractivity contribution in [3.63, 3.8) is 0 Å². The van der Waals surface area contributed by atoms with Crippen LogP contribution in [0.5, 0.6) is 0 Å². The first-order valence-electron chi connectivity index (χ1n) is 7.26. The van der Waals surface area contributed by atoms with Crippen molar-refractivity contribution in [2.24, 2.45) is 0 Å². The number of rotatable bonds is 9. The lowest BCUT2D eigenvalue weighted by Gasteiger charge is -2.14. The molecule has 0 radical (unpaired) electrons. The molecule has 1 N–H and O–H groups in total. The fourth-order valence-electron chi connectivity index (χ4n) is 1.82. The lowest BCUT2D eigenvalue weighted by atomic mass is 10.1. The van der Waals surface area contributed by atoms with Crippen LogP contribution in [-0.4, -0.2) is 35.9 Å². The Morgan fingerprint density at radius 1 is 1.30 bits per heavy atom. The summed E-state index contributed by atoms with van der Waals surface area (Å²) in [5, 5.41) is 2.98. The quantitative estimate of drug-likeness (QED) is 0.711. The largest absolute Gasteiger partial charge is 0.351 e. The minimum absolute atomic E-state index is 0.125. The van der Waals surface area contributed by atoms with Crippen molar-refractivity contribution in [2.75, 3.05) is 25.1 Å². The lowest BCUT2D eigenvalue weighted by Crippen LogP contribution is -2.24. The Labute approximate surface area is 127 Å². The smallest absolute Gasteiger partial charge is 0.230 e. The number of carbonyl (C=O) groups is 1. The SMILES string of the molecule is CCCSCC(=O)NCc1cccc(CN(C)CC)c1. The van der Waals surface area contributed by atoms with Crippen LogP contribution in [0.2, 0.25) is 0 Å². The zero-order chi connectivity index (χ0) is 14.8. The predicted molar refractivity (Wildman–Crippen MR) is 87.9 cm³/mol. The van der Waals surface area contributed by atoms with Gasteiger partial charge in [-0.3, -0.25) is 4.79 Å². The van der Waals surface area contributed by atoms with Crippen molar-refractivity contribution in [1.82, 2.24) is 10.2 Å². The van der Waals surface area contributed by atoms with Crippen molar-refractivity contribution in [3.8, 4) is 0 Å². The van der Waals surface area contributed by atoms with Crippen LogP contribution in [0, 0.1) is 0 Å². The average molecular weight is 294 g/mol. The molecule has 20 heavy (non-hydrogen) atoms. The minimum atomic E-state index is 0.125. The molecule has 0 fully saturated rings. The molecule has 1 aromatic carbocycles. The second-order valence-electron chi connectivity index (χ2n) is 4.98. The number of thioether (sulfide) groups is 1. The van der Waals surface area contributed by atoms with Gasteiger partial charge in [-0.05, 0) is 36.9 Å². The maximum Gasteiger partial charge on any atom is 0.230 e. The molecule has 0 saturated carbocycles.